The highest BCUT2D eigenvalue weighted by molar-refractivity contribution is 7.34. The van der Waals surface area contributed by atoms with Crippen molar-refractivity contribution in [2.24, 2.45) is 0 Å². The Morgan fingerprint density at radius 3 is 2.20 bits per heavy atom. The lowest BCUT2D eigenvalue weighted by molar-refractivity contribution is 0.368. The molecule has 3 heterocycles. The van der Waals surface area contributed by atoms with E-state index in [2.05, 4.69) is 40.3 Å². The van der Waals surface area contributed by atoms with Crippen molar-refractivity contribution in [2.45, 2.75) is 0 Å². The van der Waals surface area contributed by atoms with Gasteiger partial charge in [0.25, 0.3) is 6.48 Å². The molecule has 0 radical (unpaired) electrons. The predicted molar refractivity (Wildman–Crippen MR) is 67.6 cm³/mol. The number of thiophene rings is 2. The maximum absolute atomic E-state index is 6.00. The highest BCUT2D eigenvalue weighted by Gasteiger charge is 2.34. The molecule has 2 aromatic rings. The molecule has 0 spiro atoms. The molecule has 0 aliphatic carbocycles. The van der Waals surface area contributed by atoms with Crippen LogP contribution >= 0.6 is 22.7 Å². The molecule has 1 fully saturated rings. The lowest BCUT2D eigenvalue weighted by Crippen LogP contribution is -2.65. The number of hydrogen-bond acceptors (Lipinski definition) is 4. The molecule has 78 valence electrons. The fraction of sp³-hybridized carbons (Fsp3) is 0.200. The van der Waals surface area contributed by atoms with Gasteiger partial charge in [-0.1, -0.05) is 24.3 Å². The van der Waals surface area contributed by atoms with E-state index in [0.29, 0.717) is 0 Å². The van der Waals surface area contributed by atoms with Gasteiger partial charge >= 0.3 is 0 Å². The molecule has 1 N–H and O–H groups in total. The maximum atomic E-state index is 6.00. The Kier molecular flexibility index (Phi) is 2.40. The van der Waals surface area contributed by atoms with Crippen molar-refractivity contribution in [3.05, 3.63) is 35.0 Å². The number of nitrogens with one attached hydrogen (secondary N) is 1. The summed E-state index contributed by atoms with van der Waals surface area (Å²) in [6.07, 6.45) is 0. The highest BCUT2D eigenvalue weighted by atomic mass is 32.1. The maximum Gasteiger partial charge on any atom is 0.258 e. The molecule has 0 aromatic carbocycles. The molecule has 2 aromatic heterocycles. The van der Waals surface area contributed by atoms with Gasteiger partial charge in [-0.25, -0.2) is 0 Å². The average Bonchev–Trinajstić information content (AvgIpc) is 3.02. The molecule has 1 saturated heterocycles. The average molecular weight is 236 g/mol. The molecule has 1 aliphatic heterocycles. The Morgan fingerprint density at radius 1 is 1.13 bits per heavy atom. The Bertz CT molecular complexity index is 384. The van der Waals surface area contributed by atoms with Gasteiger partial charge < -0.3 is 9.88 Å². The summed E-state index contributed by atoms with van der Waals surface area (Å²) in [6.45, 7) is 0.640. The van der Waals surface area contributed by atoms with E-state index in [9.17, 15) is 0 Å². The van der Waals surface area contributed by atoms with Crippen molar-refractivity contribution in [1.29, 1.82) is 0 Å². The van der Waals surface area contributed by atoms with Crippen LogP contribution in [-0.4, -0.2) is 19.6 Å². The minimum absolute atomic E-state index is 0.801. The largest absolute Gasteiger partial charge is 0.569 e. The summed E-state index contributed by atoms with van der Waals surface area (Å²) in [5.41, 5.74) is 0. The Hall–Kier alpha value is -0.615. The second-order valence-corrected chi connectivity index (χ2v) is 5.60. The van der Waals surface area contributed by atoms with Gasteiger partial charge in [-0.3, -0.25) is 0 Å². The van der Waals surface area contributed by atoms with Crippen LogP contribution < -0.4 is 14.8 Å². The van der Waals surface area contributed by atoms with E-state index in [0.717, 1.165) is 13.2 Å². The van der Waals surface area contributed by atoms with Crippen LogP contribution in [0.3, 0.4) is 0 Å². The number of hydrogen-bond donors (Lipinski definition) is 1. The van der Waals surface area contributed by atoms with Crippen molar-refractivity contribution in [3.63, 3.8) is 0 Å². The molecular formula is C10H11BNOS2-. The predicted octanol–water partition coefficient (Wildman–Crippen LogP) is 0.986. The zero-order chi connectivity index (χ0) is 10.1. The Balaban J connectivity index is 2.10. The lowest BCUT2D eigenvalue weighted by atomic mass is 9.50. The minimum Gasteiger partial charge on any atom is -0.569 e. The molecule has 0 saturated carbocycles. The quantitative estimate of drug-likeness (QED) is 0.785. The first-order chi connectivity index (χ1) is 7.42. The van der Waals surface area contributed by atoms with E-state index in [-0.39, 0.29) is 0 Å². The van der Waals surface area contributed by atoms with Crippen LogP contribution in [0.2, 0.25) is 0 Å². The van der Waals surface area contributed by atoms with Crippen LogP contribution in [0.4, 0.5) is 0 Å². The highest BCUT2D eigenvalue weighted by Crippen LogP contribution is 2.14. The summed E-state index contributed by atoms with van der Waals surface area (Å²) in [5, 5.41) is 7.75. The summed E-state index contributed by atoms with van der Waals surface area (Å²) >= 11 is 3.53. The van der Waals surface area contributed by atoms with Gasteiger partial charge in [0, 0.05) is 6.61 Å². The van der Waals surface area contributed by atoms with E-state index in [1.807, 2.05) is 0 Å². The zero-order valence-corrected chi connectivity index (χ0v) is 9.81. The van der Waals surface area contributed by atoms with Gasteiger partial charge in [-0.05, 0) is 17.3 Å². The molecular weight excluding hydrogens is 225 g/mol. The summed E-state index contributed by atoms with van der Waals surface area (Å²) in [4.78, 5) is 0. The molecule has 2 nitrogen and oxygen atoms in total. The van der Waals surface area contributed by atoms with Gasteiger partial charge in [0.15, 0.2) is 0 Å². The first kappa shape index (κ1) is 9.60. The molecule has 0 bridgehead atoms. The topological polar surface area (TPSA) is 21.3 Å². The summed E-state index contributed by atoms with van der Waals surface area (Å²) in [5.74, 6) is 0. The van der Waals surface area contributed by atoms with Crippen LogP contribution in [0, 0.1) is 0 Å². The third-order valence-electron chi connectivity index (χ3n) is 2.79. The first-order valence-electron chi connectivity index (χ1n) is 5.03. The Morgan fingerprint density at radius 2 is 1.80 bits per heavy atom. The van der Waals surface area contributed by atoms with Crippen molar-refractivity contribution in [1.82, 2.24) is 5.23 Å². The van der Waals surface area contributed by atoms with Crippen molar-refractivity contribution in [3.8, 4) is 0 Å². The van der Waals surface area contributed by atoms with E-state index >= 15 is 0 Å². The monoisotopic (exact) mass is 236 g/mol. The van der Waals surface area contributed by atoms with E-state index in [1.165, 1.54) is 9.55 Å². The summed E-state index contributed by atoms with van der Waals surface area (Å²) in [7, 11) is 0. The molecule has 0 unspecified atom stereocenters. The van der Waals surface area contributed by atoms with Crippen molar-refractivity contribution < 1.29 is 4.65 Å². The molecule has 15 heavy (non-hydrogen) atoms. The molecule has 0 amide bonds. The van der Waals surface area contributed by atoms with Crippen LogP contribution in [0.25, 0.3) is 0 Å². The third kappa shape index (κ3) is 1.47. The molecule has 1 aliphatic rings. The van der Waals surface area contributed by atoms with Crippen LogP contribution in [0.15, 0.2) is 35.0 Å². The third-order valence-corrected chi connectivity index (χ3v) is 4.86. The lowest BCUT2D eigenvalue weighted by Gasteiger charge is -2.34. The second-order valence-electron chi connectivity index (χ2n) is 3.64. The second kappa shape index (κ2) is 3.75. The van der Waals surface area contributed by atoms with Gasteiger partial charge in [0.1, 0.15) is 0 Å². The first-order valence-corrected chi connectivity index (χ1v) is 6.79. The Labute approximate surface area is 96.9 Å². The van der Waals surface area contributed by atoms with Gasteiger partial charge in [-0.2, -0.15) is 22.7 Å². The smallest absolute Gasteiger partial charge is 0.258 e. The van der Waals surface area contributed by atoms with E-state index in [4.69, 9.17) is 4.65 Å². The fourth-order valence-electron chi connectivity index (χ4n) is 2.11. The standard InChI is InChI=1S/C10H11BNOS2/c1-3-9(14-7-1)11(12-5-6-13-11)10-4-2-8-15-10/h1-4,7-8,12H,5-6H2/q-1. The van der Waals surface area contributed by atoms with Crippen LogP contribution in [0.5, 0.6) is 0 Å². The zero-order valence-electron chi connectivity index (χ0n) is 8.18. The van der Waals surface area contributed by atoms with Crippen molar-refractivity contribution in [2.75, 3.05) is 13.2 Å². The van der Waals surface area contributed by atoms with E-state index < -0.39 is 6.48 Å². The van der Waals surface area contributed by atoms with E-state index in [1.54, 1.807) is 22.7 Å². The minimum atomic E-state index is -1.10. The van der Waals surface area contributed by atoms with Gasteiger partial charge in [0.05, 0.1) is 0 Å². The van der Waals surface area contributed by atoms with Crippen LogP contribution in [0.1, 0.15) is 0 Å². The molecule has 0 atom stereocenters. The van der Waals surface area contributed by atoms with Gasteiger partial charge in [-0.15, -0.1) is 9.55 Å². The fourth-order valence-corrected chi connectivity index (χ4v) is 4.07. The number of rotatable bonds is 2. The van der Waals surface area contributed by atoms with Crippen molar-refractivity contribution >= 4 is 38.7 Å². The summed E-state index contributed by atoms with van der Waals surface area (Å²) in [6, 6.07) is 8.48. The molecule has 3 rings (SSSR count). The normalized spacial score (nSPS) is 19.5. The molecule has 5 heteroatoms. The van der Waals surface area contributed by atoms with Crippen LogP contribution in [-0.2, 0) is 4.65 Å². The van der Waals surface area contributed by atoms with Gasteiger partial charge in [0.2, 0.25) is 0 Å². The summed E-state index contributed by atoms with van der Waals surface area (Å²) < 4.78 is 8.60. The SMILES string of the molecule is c1csc([B-]2(c3cccs3)NCCO2)c1.